The van der Waals surface area contributed by atoms with Crippen molar-refractivity contribution in [3.05, 3.63) is 41.5 Å². The molecule has 1 aliphatic heterocycles. The number of hydrogen-bond donors (Lipinski definition) is 0. The van der Waals surface area contributed by atoms with Crippen LogP contribution in [-0.4, -0.2) is 75.0 Å². The number of fused-ring (bicyclic) bond motifs is 1. The van der Waals surface area contributed by atoms with E-state index >= 15 is 0 Å². The lowest BCUT2D eigenvalue weighted by Gasteiger charge is -2.28. The number of aryl methyl sites for hydroxylation is 1. The maximum atomic E-state index is 14.1. The molecule has 10 heteroatoms. The van der Waals surface area contributed by atoms with E-state index in [4.69, 9.17) is 23.9 Å². The lowest BCUT2D eigenvalue weighted by atomic mass is 10.1. The molecule has 2 aromatic carbocycles. The Balaban J connectivity index is 0.00000400. The van der Waals surface area contributed by atoms with Gasteiger partial charge in [-0.2, -0.15) is 0 Å². The van der Waals surface area contributed by atoms with Crippen LogP contribution < -0.4 is 19.1 Å². The fourth-order valence-corrected chi connectivity index (χ4v) is 5.45. The van der Waals surface area contributed by atoms with Crippen LogP contribution in [0.15, 0.2) is 30.3 Å². The number of aromatic nitrogens is 1. The number of thiazole rings is 1. The van der Waals surface area contributed by atoms with Crippen molar-refractivity contribution in [2.75, 3.05) is 64.1 Å². The molecule has 0 unspecified atom stereocenters. The molecule has 4 rings (SSSR count). The molecule has 1 aromatic heterocycles. The van der Waals surface area contributed by atoms with E-state index in [2.05, 4.69) is 17.9 Å². The molecule has 208 valence electrons. The van der Waals surface area contributed by atoms with Gasteiger partial charge in [0.1, 0.15) is 0 Å². The summed E-state index contributed by atoms with van der Waals surface area (Å²) in [7, 11) is 0. The van der Waals surface area contributed by atoms with E-state index in [0.29, 0.717) is 54.3 Å². The van der Waals surface area contributed by atoms with E-state index in [1.807, 2.05) is 32.9 Å². The van der Waals surface area contributed by atoms with Crippen LogP contribution >= 0.6 is 23.7 Å². The standard InChI is InChI=1S/C28H37N3O5S.ClH/c1-5-34-23-18-21(19-24(35-6-2)26(23)36-7-3)27(32)31(12-8-11-30-13-15-33-16-14-30)28-29-22-10-9-20(4)17-25(22)37-28;/h9-10,17-19H,5-8,11-16H2,1-4H3;1H. The van der Waals surface area contributed by atoms with Gasteiger partial charge in [-0.3, -0.25) is 14.6 Å². The van der Waals surface area contributed by atoms with E-state index in [0.717, 1.165) is 49.5 Å². The number of amides is 1. The molecule has 1 saturated heterocycles. The summed E-state index contributed by atoms with van der Waals surface area (Å²) in [5.41, 5.74) is 2.55. The van der Waals surface area contributed by atoms with Crippen molar-refractivity contribution < 1.29 is 23.7 Å². The number of carbonyl (C=O) groups excluding carboxylic acids is 1. The van der Waals surface area contributed by atoms with Crippen molar-refractivity contribution in [1.82, 2.24) is 9.88 Å². The summed E-state index contributed by atoms with van der Waals surface area (Å²) in [5.74, 6) is 1.40. The lowest BCUT2D eigenvalue weighted by molar-refractivity contribution is 0.0376. The Labute approximate surface area is 235 Å². The molecule has 0 spiro atoms. The summed E-state index contributed by atoms with van der Waals surface area (Å²) < 4.78 is 24.1. The van der Waals surface area contributed by atoms with Crippen molar-refractivity contribution in [2.24, 2.45) is 0 Å². The van der Waals surface area contributed by atoms with Gasteiger partial charge in [-0.15, -0.1) is 12.4 Å². The molecule has 0 atom stereocenters. The number of nitrogens with zero attached hydrogens (tertiary/aromatic N) is 3. The average Bonchev–Trinajstić information content (AvgIpc) is 3.31. The van der Waals surface area contributed by atoms with E-state index < -0.39 is 0 Å². The highest BCUT2D eigenvalue weighted by molar-refractivity contribution is 7.22. The van der Waals surface area contributed by atoms with E-state index in [1.54, 1.807) is 28.4 Å². The first-order valence-electron chi connectivity index (χ1n) is 13.1. The van der Waals surface area contributed by atoms with Crippen LogP contribution in [0.1, 0.15) is 43.1 Å². The van der Waals surface area contributed by atoms with Gasteiger partial charge in [0, 0.05) is 31.7 Å². The molecule has 1 fully saturated rings. The fourth-order valence-electron chi connectivity index (χ4n) is 4.36. The largest absolute Gasteiger partial charge is 0.490 e. The van der Waals surface area contributed by atoms with Crippen LogP contribution in [0.2, 0.25) is 0 Å². The number of hydrogen-bond acceptors (Lipinski definition) is 8. The Morgan fingerprint density at radius 3 is 2.32 bits per heavy atom. The Morgan fingerprint density at radius 2 is 1.68 bits per heavy atom. The molecule has 1 aliphatic rings. The third kappa shape index (κ3) is 7.28. The van der Waals surface area contributed by atoms with Gasteiger partial charge in [0.25, 0.3) is 5.91 Å². The predicted molar refractivity (Wildman–Crippen MR) is 155 cm³/mol. The number of rotatable bonds is 12. The number of carbonyl (C=O) groups is 1. The molecule has 38 heavy (non-hydrogen) atoms. The second kappa shape index (κ2) is 14.5. The molecular formula is C28H38ClN3O5S. The van der Waals surface area contributed by atoms with Crippen molar-refractivity contribution in [2.45, 2.75) is 34.1 Å². The highest BCUT2D eigenvalue weighted by Crippen LogP contribution is 2.40. The van der Waals surface area contributed by atoms with Crippen LogP contribution in [0.3, 0.4) is 0 Å². The Kier molecular flexibility index (Phi) is 11.5. The zero-order valence-corrected chi connectivity index (χ0v) is 24.3. The fraction of sp³-hybridized carbons (Fsp3) is 0.500. The van der Waals surface area contributed by atoms with Gasteiger partial charge in [0.15, 0.2) is 16.6 Å². The van der Waals surface area contributed by atoms with Gasteiger partial charge in [-0.05, 0) is 63.9 Å². The summed E-state index contributed by atoms with van der Waals surface area (Å²) in [6.07, 6.45) is 0.828. The van der Waals surface area contributed by atoms with Crippen molar-refractivity contribution >= 4 is 45.0 Å². The third-order valence-corrected chi connectivity index (χ3v) is 7.17. The number of benzene rings is 2. The monoisotopic (exact) mass is 563 g/mol. The maximum absolute atomic E-state index is 14.1. The van der Waals surface area contributed by atoms with Crippen LogP contribution in [0.5, 0.6) is 17.2 Å². The number of morpholine rings is 1. The summed E-state index contributed by atoms with van der Waals surface area (Å²) in [5, 5.41) is 0.692. The summed E-state index contributed by atoms with van der Waals surface area (Å²) in [6.45, 7) is 14.0. The molecule has 1 amide bonds. The second-order valence-corrected chi connectivity index (χ2v) is 9.84. The second-order valence-electron chi connectivity index (χ2n) is 8.83. The summed E-state index contributed by atoms with van der Waals surface area (Å²) in [6, 6.07) is 9.69. The van der Waals surface area contributed by atoms with Gasteiger partial charge in [-0.1, -0.05) is 17.4 Å². The van der Waals surface area contributed by atoms with Crippen LogP contribution in [-0.2, 0) is 4.74 Å². The molecule has 8 nitrogen and oxygen atoms in total. The van der Waals surface area contributed by atoms with Gasteiger partial charge in [-0.25, -0.2) is 4.98 Å². The third-order valence-electron chi connectivity index (χ3n) is 6.12. The first-order chi connectivity index (χ1) is 18.0. The molecule has 2 heterocycles. The molecule has 0 bridgehead atoms. The van der Waals surface area contributed by atoms with Crippen molar-refractivity contribution in [3.8, 4) is 17.2 Å². The average molecular weight is 564 g/mol. The lowest BCUT2D eigenvalue weighted by Crippen LogP contribution is -2.39. The predicted octanol–water partition coefficient (Wildman–Crippen LogP) is 5.59. The minimum absolute atomic E-state index is 0. The summed E-state index contributed by atoms with van der Waals surface area (Å²) in [4.78, 5) is 23.1. The number of ether oxygens (including phenoxy) is 4. The minimum Gasteiger partial charge on any atom is -0.490 e. The number of anilines is 1. The van der Waals surface area contributed by atoms with E-state index in [-0.39, 0.29) is 18.3 Å². The first-order valence-corrected chi connectivity index (χ1v) is 13.9. The Hall–Kier alpha value is -2.59. The summed E-state index contributed by atoms with van der Waals surface area (Å²) >= 11 is 1.54. The molecule has 3 aromatic rings. The molecule has 0 radical (unpaired) electrons. The van der Waals surface area contributed by atoms with Gasteiger partial charge < -0.3 is 18.9 Å². The van der Waals surface area contributed by atoms with E-state index in [1.165, 1.54) is 5.56 Å². The maximum Gasteiger partial charge on any atom is 0.260 e. The van der Waals surface area contributed by atoms with Gasteiger partial charge in [0.05, 0.1) is 43.3 Å². The number of halogens is 1. The zero-order valence-electron chi connectivity index (χ0n) is 22.7. The highest BCUT2D eigenvalue weighted by Gasteiger charge is 2.25. The normalized spacial score (nSPS) is 13.7. The van der Waals surface area contributed by atoms with Crippen molar-refractivity contribution in [3.63, 3.8) is 0 Å². The minimum atomic E-state index is -0.136. The molecule has 0 aliphatic carbocycles. The first kappa shape index (κ1) is 30.0. The topological polar surface area (TPSA) is 73.4 Å². The molecular weight excluding hydrogens is 526 g/mol. The van der Waals surface area contributed by atoms with Crippen LogP contribution in [0.25, 0.3) is 10.2 Å². The van der Waals surface area contributed by atoms with Crippen molar-refractivity contribution in [1.29, 1.82) is 0 Å². The quantitative estimate of drug-likeness (QED) is 0.284. The zero-order chi connectivity index (χ0) is 26.2. The Bertz CT molecular complexity index is 1170. The molecule has 0 N–H and O–H groups in total. The molecule has 0 saturated carbocycles. The Morgan fingerprint density at radius 1 is 1.03 bits per heavy atom. The van der Waals surface area contributed by atoms with E-state index in [9.17, 15) is 4.79 Å². The smallest absolute Gasteiger partial charge is 0.260 e. The van der Waals surface area contributed by atoms with Crippen LogP contribution in [0, 0.1) is 6.92 Å². The highest BCUT2D eigenvalue weighted by atomic mass is 35.5. The van der Waals surface area contributed by atoms with Gasteiger partial charge in [0.2, 0.25) is 5.75 Å². The van der Waals surface area contributed by atoms with Gasteiger partial charge >= 0.3 is 0 Å². The van der Waals surface area contributed by atoms with Crippen LogP contribution in [0.4, 0.5) is 5.13 Å². The SMILES string of the molecule is CCOc1cc(C(=O)N(CCCN2CCOCC2)c2nc3ccc(C)cc3s2)cc(OCC)c1OCC.Cl.